The van der Waals surface area contributed by atoms with E-state index in [0.29, 0.717) is 17.4 Å². The topological polar surface area (TPSA) is 81.1 Å². The Bertz CT molecular complexity index is 751. The van der Waals surface area contributed by atoms with E-state index in [2.05, 4.69) is 0 Å². The summed E-state index contributed by atoms with van der Waals surface area (Å²) in [5.74, 6) is 1.01. The van der Waals surface area contributed by atoms with Gasteiger partial charge in [-0.25, -0.2) is 4.90 Å². The van der Waals surface area contributed by atoms with Crippen molar-refractivity contribution in [2.75, 3.05) is 13.6 Å². The minimum Gasteiger partial charge on any atom is -0.508 e. The number of Topliss-reactive ketones (excluding diaryl/α,β-unsaturated/α-hetero) is 1. The van der Waals surface area contributed by atoms with Gasteiger partial charge in [0.2, 0.25) is 5.91 Å². The third kappa shape index (κ3) is 2.47. The molecule has 0 aromatic heterocycles. The maximum absolute atomic E-state index is 13.3. The molecule has 1 aliphatic heterocycles. The first-order valence-corrected chi connectivity index (χ1v) is 9.36. The lowest BCUT2D eigenvalue weighted by Crippen LogP contribution is -2.53. The van der Waals surface area contributed by atoms with E-state index in [0.717, 1.165) is 12.8 Å². The molecule has 1 aromatic rings. The SMILES string of the molecule is CN1C(O)N(CC(=O)c2cccc(O)c2)C(=O)C1(C)C1C[C@@H]2CC[C@H]1C2. The predicted octanol–water partition coefficient (Wildman–Crippen LogP) is 1.82. The number of amides is 1. The van der Waals surface area contributed by atoms with Crippen LogP contribution in [-0.4, -0.2) is 57.2 Å². The Morgan fingerprint density at radius 2 is 2.08 bits per heavy atom. The van der Waals surface area contributed by atoms with Crippen LogP contribution in [0.3, 0.4) is 0 Å². The van der Waals surface area contributed by atoms with Crippen LogP contribution < -0.4 is 0 Å². The minimum atomic E-state index is -1.10. The van der Waals surface area contributed by atoms with Crippen LogP contribution in [0.5, 0.6) is 5.75 Å². The molecule has 26 heavy (non-hydrogen) atoms. The van der Waals surface area contributed by atoms with Crippen molar-refractivity contribution in [3.8, 4) is 5.75 Å². The number of aromatic hydroxyl groups is 1. The first-order chi connectivity index (χ1) is 12.3. The molecule has 5 atom stereocenters. The Morgan fingerprint density at radius 1 is 1.31 bits per heavy atom. The zero-order valence-corrected chi connectivity index (χ0v) is 15.3. The van der Waals surface area contributed by atoms with Gasteiger partial charge in [0, 0.05) is 5.56 Å². The molecule has 2 aliphatic carbocycles. The van der Waals surface area contributed by atoms with Gasteiger partial charge in [0.15, 0.2) is 12.1 Å². The molecule has 1 amide bonds. The molecule has 2 bridgehead atoms. The number of nitrogens with zero attached hydrogens (tertiary/aromatic N) is 2. The number of carbonyl (C=O) groups excluding carboxylic acids is 2. The molecule has 6 nitrogen and oxygen atoms in total. The fraction of sp³-hybridized carbons (Fsp3) is 0.600. The summed E-state index contributed by atoms with van der Waals surface area (Å²) in [5, 5.41) is 20.2. The Hall–Kier alpha value is -1.92. The number of likely N-dealkylation sites (N-methyl/N-ethyl adjacent to an activating group) is 1. The van der Waals surface area contributed by atoms with Crippen LogP contribution in [0.2, 0.25) is 0 Å². The third-order valence-electron chi connectivity index (χ3n) is 6.99. The standard InChI is InChI=1S/C20H26N2O4/c1-20(16-9-12-6-7-13(16)8-12)18(25)22(19(26)21(20)2)11-17(24)14-4-3-5-15(23)10-14/h3-5,10,12-13,16,19,23,26H,6-9,11H2,1-2H3/t12-,13+,16?,19?,20?/m1/s1. The van der Waals surface area contributed by atoms with E-state index >= 15 is 0 Å². The lowest BCUT2D eigenvalue weighted by Gasteiger charge is -2.39. The van der Waals surface area contributed by atoms with Crippen LogP contribution in [0.4, 0.5) is 0 Å². The van der Waals surface area contributed by atoms with Crippen molar-refractivity contribution in [1.82, 2.24) is 9.80 Å². The maximum atomic E-state index is 13.3. The first-order valence-electron chi connectivity index (χ1n) is 9.36. The van der Waals surface area contributed by atoms with E-state index < -0.39 is 11.9 Å². The molecular formula is C20H26N2O4. The summed E-state index contributed by atoms with van der Waals surface area (Å²) in [4.78, 5) is 28.9. The second kappa shape index (κ2) is 6.06. The summed E-state index contributed by atoms with van der Waals surface area (Å²) in [7, 11) is 1.77. The van der Waals surface area contributed by atoms with E-state index in [-0.39, 0.29) is 29.9 Å². The molecule has 3 aliphatic rings. The highest BCUT2D eigenvalue weighted by Gasteiger charge is 2.61. The zero-order chi connectivity index (χ0) is 18.6. The fourth-order valence-electron chi connectivity index (χ4n) is 5.43. The number of hydrogen-bond donors (Lipinski definition) is 2. The van der Waals surface area contributed by atoms with Crippen molar-refractivity contribution in [2.24, 2.45) is 17.8 Å². The first kappa shape index (κ1) is 17.5. The number of fused-ring (bicyclic) bond motifs is 2. The van der Waals surface area contributed by atoms with Crippen LogP contribution in [0.1, 0.15) is 43.0 Å². The van der Waals surface area contributed by atoms with Gasteiger partial charge in [0.1, 0.15) is 11.3 Å². The van der Waals surface area contributed by atoms with E-state index in [9.17, 15) is 19.8 Å². The quantitative estimate of drug-likeness (QED) is 0.803. The molecule has 2 N–H and O–H groups in total. The van der Waals surface area contributed by atoms with E-state index in [1.807, 2.05) is 6.92 Å². The molecule has 6 heteroatoms. The molecule has 1 heterocycles. The van der Waals surface area contributed by atoms with Gasteiger partial charge in [-0.1, -0.05) is 18.6 Å². The molecule has 3 unspecified atom stereocenters. The lowest BCUT2D eigenvalue weighted by atomic mass is 9.74. The maximum Gasteiger partial charge on any atom is 0.246 e. The van der Waals surface area contributed by atoms with Crippen molar-refractivity contribution >= 4 is 11.7 Å². The smallest absolute Gasteiger partial charge is 0.246 e. The van der Waals surface area contributed by atoms with Gasteiger partial charge >= 0.3 is 0 Å². The van der Waals surface area contributed by atoms with Crippen LogP contribution in [0, 0.1) is 17.8 Å². The Kier molecular flexibility index (Phi) is 4.08. The molecule has 1 aromatic carbocycles. The van der Waals surface area contributed by atoms with E-state index in [4.69, 9.17) is 0 Å². The van der Waals surface area contributed by atoms with Crippen LogP contribution in [-0.2, 0) is 4.79 Å². The van der Waals surface area contributed by atoms with Gasteiger partial charge in [-0.15, -0.1) is 0 Å². The number of rotatable bonds is 4. The van der Waals surface area contributed by atoms with Gasteiger partial charge in [-0.2, -0.15) is 0 Å². The zero-order valence-electron chi connectivity index (χ0n) is 15.3. The number of aliphatic hydroxyl groups excluding tert-OH is 1. The van der Waals surface area contributed by atoms with Gasteiger partial charge in [0.05, 0.1) is 6.54 Å². The summed E-state index contributed by atoms with van der Waals surface area (Å²) in [5.41, 5.74) is -0.431. The Balaban J connectivity index is 1.56. The number of carbonyl (C=O) groups is 2. The molecule has 140 valence electrons. The normalized spacial score (nSPS) is 36.9. The van der Waals surface area contributed by atoms with Crippen molar-refractivity contribution in [2.45, 2.75) is 44.5 Å². The van der Waals surface area contributed by atoms with Crippen LogP contribution >= 0.6 is 0 Å². The second-order valence-corrected chi connectivity index (χ2v) is 8.29. The lowest BCUT2D eigenvalue weighted by molar-refractivity contribution is -0.137. The number of ketones is 1. The average molecular weight is 358 g/mol. The number of benzene rings is 1. The number of aliphatic hydroxyl groups is 1. The molecule has 4 rings (SSSR count). The second-order valence-electron chi connectivity index (χ2n) is 8.29. The number of phenols is 1. The molecule has 1 saturated heterocycles. The number of hydrogen-bond acceptors (Lipinski definition) is 5. The minimum absolute atomic E-state index is 0.00749. The van der Waals surface area contributed by atoms with Crippen molar-refractivity contribution < 1.29 is 19.8 Å². The predicted molar refractivity (Wildman–Crippen MR) is 95.3 cm³/mol. The van der Waals surface area contributed by atoms with Gasteiger partial charge in [-0.3, -0.25) is 14.5 Å². The third-order valence-corrected chi connectivity index (χ3v) is 6.99. The molecule has 2 saturated carbocycles. The van der Waals surface area contributed by atoms with Crippen molar-refractivity contribution in [1.29, 1.82) is 0 Å². The molecule has 3 fully saturated rings. The van der Waals surface area contributed by atoms with Crippen molar-refractivity contribution in [3.63, 3.8) is 0 Å². The van der Waals surface area contributed by atoms with Gasteiger partial charge in [-0.05, 0) is 63.1 Å². The molecule has 0 radical (unpaired) electrons. The Morgan fingerprint density at radius 3 is 2.69 bits per heavy atom. The molecule has 0 spiro atoms. The average Bonchev–Trinajstić information content (AvgIpc) is 3.30. The van der Waals surface area contributed by atoms with Crippen LogP contribution in [0.25, 0.3) is 0 Å². The summed E-state index contributed by atoms with van der Waals surface area (Å²) < 4.78 is 0. The van der Waals surface area contributed by atoms with Crippen molar-refractivity contribution in [3.05, 3.63) is 29.8 Å². The van der Waals surface area contributed by atoms with E-state index in [1.165, 1.54) is 29.9 Å². The summed E-state index contributed by atoms with van der Waals surface area (Å²) in [6.45, 7) is 1.73. The number of phenolic OH excluding ortho intramolecular Hbond substituents is 1. The molecular weight excluding hydrogens is 332 g/mol. The largest absolute Gasteiger partial charge is 0.508 e. The summed E-state index contributed by atoms with van der Waals surface area (Å²) in [6, 6.07) is 6.07. The van der Waals surface area contributed by atoms with Crippen LogP contribution in [0.15, 0.2) is 24.3 Å². The highest BCUT2D eigenvalue weighted by atomic mass is 16.3. The highest BCUT2D eigenvalue weighted by molar-refractivity contribution is 6.01. The highest BCUT2D eigenvalue weighted by Crippen LogP contribution is 2.55. The van der Waals surface area contributed by atoms with E-state index in [1.54, 1.807) is 24.1 Å². The summed E-state index contributed by atoms with van der Waals surface area (Å²) in [6.07, 6.45) is 3.51. The Labute approximate surface area is 153 Å². The fourth-order valence-corrected chi connectivity index (χ4v) is 5.43. The summed E-state index contributed by atoms with van der Waals surface area (Å²) >= 11 is 0. The van der Waals surface area contributed by atoms with Gasteiger partial charge < -0.3 is 10.2 Å². The monoisotopic (exact) mass is 358 g/mol. The van der Waals surface area contributed by atoms with Gasteiger partial charge in [0.25, 0.3) is 0 Å².